The number of halogens is 2. The van der Waals surface area contributed by atoms with Crippen LogP contribution in [0, 0.1) is 5.92 Å². The predicted octanol–water partition coefficient (Wildman–Crippen LogP) is 2.36. The van der Waals surface area contributed by atoms with Crippen LogP contribution in [0.3, 0.4) is 0 Å². The number of nitrogens with zero attached hydrogens (tertiary/aromatic N) is 2. The number of aromatic nitrogens is 2. The van der Waals surface area contributed by atoms with E-state index in [0.29, 0.717) is 6.42 Å². The van der Waals surface area contributed by atoms with E-state index < -0.39 is 5.91 Å². The Morgan fingerprint density at radius 3 is 2.77 bits per heavy atom. The van der Waals surface area contributed by atoms with E-state index in [2.05, 4.69) is 15.3 Å². The van der Waals surface area contributed by atoms with Crippen molar-refractivity contribution < 1.29 is 9.90 Å². The molecule has 0 spiro atoms. The summed E-state index contributed by atoms with van der Waals surface area (Å²) >= 11 is 11.7. The van der Waals surface area contributed by atoms with Crippen molar-refractivity contribution in [3.05, 3.63) is 58.1 Å². The van der Waals surface area contributed by atoms with Crippen LogP contribution < -0.4 is 5.32 Å². The average Bonchev–Trinajstić information content (AvgIpc) is 2.54. The lowest BCUT2D eigenvalue weighted by molar-refractivity contribution is 0.0935. The second-order valence-electron chi connectivity index (χ2n) is 4.75. The summed E-state index contributed by atoms with van der Waals surface area (Å²) in [6, 6.07) is 8.61. The number of hydrogen-bond acceptors (Lipinski definition) is 4. The summed E-state index contributed by atoms with van der Waals surface area (Å²) in [5.41, 5.74) is 0.929. The molecule has 0 radical (unpaired) electrons. The highest BCUT2D eigenvalue weighted by Gasteiger charge is 2.16. The van der Waals surface area contributed by atoms with Gasteiger partial charge in [0.15, 0.2) is 0 Å². The van der Waals surface area contributed by atoms with Gasteiger partial charge in [-0.15, -0.1) is 0 Å². The molecule has 0 saturated heterocycles. The van der Waals surface area contributed by atoms with Gasteiger partial charge in [0.25, 0.3) is 5.91 Å². The number of pyridine rings is 2. The zero-order chi connectivity index (χ0) is 15.9. The molecule has 0 aliphatic carbocycles. The van der Waals surface area contributed by atoms with Crippen LogP contribution in [0.25, 0.3) is 0 Å². The molecule has 5 nitrogen and oxygen atoms in total. The monoisotopic (exact) mass is 339 g/mol. The van der Waals surface area contributed by atoms with Gasteiger partial charge in [0.2, 0.25) is 0 Å². The summed E-state index contributed by atoms with van der Waals surface area (Å²) in [6.45, 7) is 0.226. The van der Waals surface area contributed by atoms with Crippen LogP contribution in [0.15, 0.2) is 36.5 Å². The van der Waals surface area contributed by atoms with Gasteiger partial charge in [0.1, 0.15) is 10.8 Å². The number of hydrogen-bond donors (Lipinski definition) is 2. The van der Waals surface area contributed by atoms with Gasteiger partial charge < -0.3 is 10.4 Å². The Hall–Kier alpha value is -1.69. The van der Waals surface area contributed by atoms with Gasteiger partial charge in [0.05, 0.1) is 5.02 Å². The molecule has 0 unspecified atom stereocenters. The van der Waals surface area contributed by atoms with Gasteiger partial charge in [-0.2, -0.15) is 0 Å². The molecule has 2 heterocycles. The molecule has 2 aromatic rings. The first-order valence-electron chi connectivity index (χ1n) is 6.71. The minimum Gasteiger partial charge on any atom is -0.396 e. The van der Waals surface area contributed by atoms with Crippen molar-refractivity contribution in [1.82, 2.24) is 15.3 Å². The summed E-state index contributed by atoms with van der Waals surface area (Å²) in [5.74, 6) is -0.566. The number of aliphatic hydroxyl groups is 1. The summed E-state index contributed by atoms with van der Waals surface area (Å²) in [6.07, 6.45) is 2.26. The first kappa shape index (κ1) is 16.7. The molecule has 0 aliphatic heterocycles. The number of rotatable bonds is 6. The predicted molar refractivity (Wildman–Crippen MR) is 85.1 cm³/mol. The Bertz CT molecular complexity index is 638. The van der Waals surface area contributed by atoms with Crippen LogP contribution in [-0.2, 0) is 6.42 Å². The van der Waals surface area contributed by atoms with E-state index in [0.717, 1.165) is 5.69 Å². The third-order valence-corrected chi connectivity index (χ3v) is 3.58. The van der Waals surface area contributed by atoms with E-state index in [-0.39, 0.29) is 34.9 Å². The Morgan fingerprint density at radius 2 is 2.09 bits per heavy atom. The quantitative estimate of drug-likeness (QED) is 0.792. The zero-order valence-electron chi connectivity index (χ0n) is 11.7. The Labute approximate surface area is 138 Å². The summed E-state index contributed by atoms with van der Waals surface area (Å²) in [4.78, 5) is 20.2. The van der Waals surface area contributed by atoms with E-state index in [9.17, 15) is 9.90 Å². The molecule has 0 saturated carbocycles. The molecule has 7 heteroatoms. The molecule has 2 rings (SSSR count). The number of carbonyl (C=O) groups is 1. The highest BCUT2D eigenvalue weighted by Crippen LogP contribution is 2.16. The van der Waals surface area contributed by atoms with Crippen molar-refractivity contribution in [3.8, 4) is 0 Å². The van der Waals surface area contributed by atoms with E-state index in [1.165, 1.54) is 12.1 Å². The van der Waals surface area contributed by atoms with Gasteiger partial charge in [0, 0.05) is 31.0 Å². The molecule has 22 heavy (non-hydrogen) atoms. The number of nitrogens with one attached hydrogen (secondary N) is 1. The first-order valence-corrected chi connectivity index (χ1v) is 7.46. The highest BCUT2D eigenvalue weighted by atomic mass is 35.5. The topological polar surface area (TPSA) is 75.1 Å². The fraction of sp³-hybridized carbons (Fsp3) is 0.267. The zero-order valence-corrected chi connectivity index (χ0v) is 13.2. The fourth-order valence-electron chi connectivity index (χ4n) is 1.91. The van der Waals surface area contributed by atoms with E-state index in [1.807, 2.05) is 18.2 Å². The van der Waals surface area contributed by atoms with Crippen molar-refractivity contribution in [2.75, 3.05) is 13.2 Å². The molecule has 1 atom stereocenters. The SMILES string of the molecule is O=C(NC[C@H](CO)Cc1ccccn1)c1nc(Cl)ccc1Cl. The minimum atomic E-state index is -0.424. The normalized spacial score (nSPS) is 12.0. The van der Waals surface area contributed by atoms with Gasteiger partial charge in [-0.1, -0.05) is 29.3 Å². The molecule has 2 aromatic heterocycles. The third kappa shape index (κ3) is 4.66. The molecular weight excluding hydrogens is 325 g/mol. The molecule has 0 aromatic carbocycles. The standard InChI is InChI=1S/C15H15Cl2N3O2/c16-12-4-5-13(17)20-14(12)15(22)19-8-10(9-21)7-11-3-1-2-6-18-11/h1-6,10,21H,7-9H2,(H,19,22)/t10-/m1/s1. The highest BCUT2D eigenvalue weighted by molar-refractivity contribution is 6.34. The summed E-state index contributed by atoms with van der Waals surface area (Å²) < 4.78 is 0. The lowest BCUT2D eigenvalue weighted by Crippen LogP contribution is -2.32. The van der Waals surface area contributed by atoms with Crippen LogP contribution in [0.1, 0.15) is 16.2 Å². The van der Waals surface area contributed by atoms with Crippen LogP contribution >= 0.6 is 23.2 Å². The number of carbonyl (C=O) groups excluding carboxylic acids is 1. The lowest BCUT2D eigenvalue weighted by Gasteiger charge is -2.14. The van der Waals surface area contributed by atoms with Gasteiger partial charge >= 0.3 is 0 Å². The first-order chi connectivity index (χ1) is 10.6. The maximum Gasteiger partial charge on any atom is 0.271 e. The average molecular weight is 340 g/mol. The lowest BCUT2D eigenvalue weighted by atomic mass is 10.0. The molecule has 0 fully saturated rings. The van der Waals surface area contributed by atoms with Gasteiger partial charge in [-0.3, -0.25) is 9.78 Å². The minimum absolute atomic E-state index is 0.0619. The third-order valence-electron chi connectivity index (χ3n) is 3.06. The molecule has 2 N–H and O–H groups in total. The van der Waals surface area contributed by atoms with Crippen LogP contribution in [-0.4, -0.2) is 34.1 Å². The molecular formula is C15H15Cl2N3O2. The number of amides is 1. The summed E-state index contributed by atoms with van der Waals surface area (Å²) in [5, 5.41) is 12.6. The maximum absolute atomic E-state index is 12.1. The van der Waals surface area contributed by atoms with Crippen molar-refractivity contribution in [2.24, 2.45) is 5.92 Å². The molecule has 0 aliphatic rings. The Balaban J connectivity index is 1.95. The van der Waals surface area contributed by atoms with Gasteiger partial charge in [-0.05, 0) is 30.7 Å². The summed E-state index contributed by atoms with van der Waals surface area (Å²) in [7, 11) is 0. The Kier molecular flexibility index (Phi) is 6.12. The molecule has 0 bridgehead atoms. The van der Waals surface area contributed by atoms with Crippen molar-refractivity contribution in [3.63, 3.8) is 0 Å². The molecule has 1 amide bonds. The van der Waals surface area contributed by atoms with E-state index in [1.54, 1.807) is 6.20 Å². The fourth-order valence-corrected chi connectivity index (χ4v) is 2.25. The maximum atomic E-state index is 12.1. The van der Waals surface area contributed by atoms with Crippen molar-refractivity contribution in [1.29, 1.82) is 0 Å². The van der Waals surface area contributed by atoms with Crippen molar-refractivity contribution in [2.45, 2.75) is 6.42 Å². The van der Waals surface area contributed by atoms with E-state index >= 15 is 0 Å². The Morgan fingerprint density at radius 1 is 1.27 bits per heavy atom. The van der Waals surface area contributed by atoms with Crippen LogP contribution in [0.2, 0.25) is 10.2 Å². The van der Waals surface area contributed by atoms with Crippen molar-refractivity contribution >= 4 is 29.1 Å². The van der Waals surface area contributed by atoms with E-state index in [4.69, 9.17) is 23.2 Å². The van der Waals surface area contributed by atoms with Crippen LogP contribution in [0.5, 0.6) is 0 Å². The van der Waals surface area contributed by atoms with Crippen LogP contribution in [0.4, 0.5) is 0 Å². The second-order valence-corrected chi connectivity index (χ2v) is 5.54. The van der Waals surface area contributed by atoms with Gasteiger partial charge in [-0.25, -0.2) is 4.98 Å². The molecule has 116 valence electrons. The number of aliphatic hydroxyl groups excluding tert-OH is 1. The smallest absolute Gasteiger partial charge is 0.271 e. The second kappa shape index (κ2) is 8.08. The largest absolute Gasteiger partial charge is 0.396 e.